The molecular formula is C16H13F4N5O. The number of alkyl halides is 3. The van der Waals surface area contributed by atoms with E-state index in [4.69, 9.17) is 0 Å². The van der Waals surface area contributed by atoms with Gasteiger partial charge in [0.05, 0.1) is 5.56 Å². The Morgan fingerprint density at radius 3 is 2.58 bits per heavy atom. The fourth-order valence-electron chi connectivity index (χ4n) is 2.46. The van der Waals surface area contributed by atoms with Crippen LogP contribution in [-0.2, 0) is 6.18 Å². The Kier molecular flexibility index (Phi) is 4.34. The van der Waals surface area contributed by atoms with Crippen LogP contribution in [0.25, 0.3) is 5.82 Å². The first kappa shape index (κ1) is 17.8. The Morgan fingerprint density at radius 2 is 1.96 bits per heavy atom. The zero-order valence-corrected chi connectivity index (χ0v) is 13.7. The van der Waals surface area contributed by atoms with Gasteiger partial charge in [-0.05, 0) is 24.6 Å². The minimum absolute atomic E-state index is 0.0331. The fraction of sp³-hybridized carbons (Fsp3) is 0.250. The lowest BCUT2D eigenvalue weighted by Crippen LogP contribution is -2.12. The Labute approximate surface area is 144 Å². The van der Waals surface area contributed by atoms with Crippen LogP contribution in [0.2, 0.25) is 0 Å². The van der Waals surface area contributed by atoms with Crippen LogP contribution in [0.15, 0.2) is 35.4 Å². The van der Waals surface area contributed by atoms with Crippen LogP contribution in [0.1, 0.15) is 35.6 Å². The molecule has 10 heteroatoms. The quantitative estimate of drug-likeness (QED) is 0.722. The number of aromatic nitrogens is 5. The van der Waals surface area contributed by atoms with E-state index in [0.29, 0.717) is 11.9 Å². The van der Waals surface area contributed by atoms with Crippen LogP contribution in [0.3, 0.4) is 0 Å². The average molecular weight is 367 g/mol. The van der Waals surface area contributed by atoms with Crippen molar-refractivity contribution in [1.82, 2.24) is 24.7 Å². The summed E-state index contributed by atoms with van der Waals surface area (Å²) in [5.74, 6) is -0.893. The molecule has 0 aliphatic heterocycles. The van der Waals surface area contributed by atoms with Gasteiger partial charge in [-0.2, -0.15) is 13.2 Å². The van der Waals surface area contributed by atoms with Crippen molar-refractivity contribution in [3.8, 4) is 5.82 Å². The number of H-pyrrole nitrogens is 1. The highest BCUT2D eigenvalue weighted by Gasteiger charge is 2.31. The van der Waals surface area contributed by atoms with Gasteiger partial charge >= 0.3 is 6.18 Å². The lowest BCUT2D eigenvalue weighted by molar-refractivity contribution is -0.137. The minimum Gasteiger partial charge on any atom is -0.311 e. The van der Waals surface area contributed by atoms with Crippen LogP contribution >= 0.6 is 0 Å². The van der Waals surface area contributed by atoms with Gasteiger partial charge in [0.2, 0.25) is 0 Å². The number of hydrogen-bond donors (Lipinski definition) is 1. The first-order chi connectivity index (χ1) is 12.1. The molecule has 1 N–H and O–H groups in total. The highest BCUT2D eigenvalue weighted by atomic mass is 19.4. The van der Waals surface area contributed by atoms with Crippen LogP contribution in [-0.4, -0.2) is 24.7 Å². The van der Waals surface area contributed by atoms with E-state index in [9.17, 15) is 22.4 Å². The molecule has 0 bridgehead atoms. The van der Waals surface area contributed by atoms with Gasteiger partial charge in [0.1, 0.15) is 18.0 Å². The molecule has 0 fully saturated rings. The maximum Gasteiger partial charge on any atom is 0.416 e. The SMILES string of the molecule is Cc1nc(-n2cnc([C@@H](C)c3ccc(C(F)(F)F)cc3F)n2)cc(=O)[nH]1. The third-order valence-corrected chi connectivity index (χ3v) is 3.77. The van der Waals surface area contributed by atoms with Crippen molar-refractivity contribution < 1.29 is 17.6 Å². The van der Waals surface area contributed by atoms with Crippen molar-refractivity contribution in [2.45, 2.75) is 25.9 Å². The van der Waals surface area contributed by atoms with Gasteiger partial charge in [-0.15, -0.1) is 5.10 Å². The van der Waals surface area contributed by atoms with Crippen LogP contribution in [0.4, 0.5) is 17.6 Å². The summed E-state index contributed by atoms with van der Waals surface area (Å²) < 4.78 is 53.3. The number of halogens is 4. The Bertz CT molecular complexity index is 1010. The van der Waals surface area contributed by atoms with Gasteiger partial charge < -0.3 is 4.98 Å². The summed E-state index contributed by atoms with van der Waals surface area (Å²) in [5, 5.41) is 4.15. The minimum atomic E-state index is -4.62. The highest BCUT2D eigenvalue weighted by Crippen LogP contribution is 2.32. The molecule has 0 aliphatic rings. The van der Waals surface area contributed by atoms with E-state index in [-0.39, 0.29) is 22.8 Å². The monoisotopic (exact) mass is 367 g/mol. The molecule has 0 radical (unpaired) electrons. The summed E-state index contributed by atoms with van der Waals surface area (Å²) in [5.41, 5.74) is -1.40. The maximum atomic E-state index is 14.1. The van der Waals surface area contributed by atoms with Gasteiger partial charge in [-0.3, -0.25) is 4.79 Å². The third kappa shape index (κ3) is 3.48. The molecule has 0 amide bonds. The number of aryl methyl sites for hydroxylation is 1. The molecule has 2 heterocycles. The summed E-state index contributed by atoms with van der Waals surface area (Å²) in [7, 11) is 0. The van der Waals surface area contributed by atoms with Crippen molar-refractivity contribution in [2.75, 3.05) is 0 Å². The molecule has 0 saturated heterocycles. The smallest absolute Gasteiger partial charge is 0.311 e. The number of aromatic amines is 1. The molecule has 26 heavy (non-hydrogen) atoms. The first-order valence-electron chi connectivity index (χ1n) is 7.51. The summed E-state index contributed by atoms with van der Waals surface area (Å²) in [6.07, 6.45) is -3.32. The lowest BCUT2D eigenvalue weighted by Gasteiger charge is -2.12. The van der Waals surface area contributed by atoms with E-state index in [1.54, 1.807) is 13.8 Å². The number of benzene rings is 1. The van der Waals surface area contributed by atoms with Crippen LogP contribution in [0.5, 0.6) is 0 Å². The Morgan fingerprint density at radius 1 is 1.23 bits per heavy atom. The van der Waals surface area contributed by atoms with Gasteiger partial charge in [0, 0.05) is 12.0 Å². The fourth-order valence-corrected chi connectivity index (χ4v) is 2.46. The van der Waals surface area contributed by atoms with E-state index in [0.717, 1.165) is 12.1 Å². The second kappa shape index (κ2) is 6.36. The molecule has 0 unspecified atom stereocenters. The standard InChI is InChI=1S/C16H13F4N5O/c1-8(11-4-3-10(5-12(11)17)16(18,19)20)15-21-7-25(24-15)13-6-14(26)23-9(2)22-13/h3-8H,1-2H3,(H,22,23,26)/t8-/m0/s1. The first-order valence-corrected chi connectivity index (χ1v) is 7.51. The van der Waals surface area contributed by atoms with Gasteiger partial charge in [-0.1, -0.05) is 13.0 Å². The Hall–Kier alpha value is -3.04. The van der Waals surface area contributed by atoms with Gasteiger partial charge in [0.25, 0.3) is 5.56 Å². The summed E-state index contributed by atoms with van der Waals surface area (Å²) in [6.45, 7) is 3.17. The van der Waals surface area contributed by atoms with Crippen molar-refractivity contribution >= 4 is 0 Å². The van der Waals surface area contributed by atoms with E-state index < -0.39 is 23.5 Å². The molecule has 0 aliphatic carbocycles. The Balaban J connectivity index is 1.93. The zero-order chi connectivity index (χ0) is 19.1. The number of nitrogens with zero attached hydrogens (tertiary/aromatic N) is 4. The molecule has 136 valence electrons. The normalized spacial score (nSPS) is 13.0. The molecule has 6 nitrogen and oxygen atoms in total. The predicted molar refractivity (Wildman–Crippen MR) is 83.4 cm³/mol. The van der Waals surface area contributed by atoms with Gasteiger partial charge in [-0.25, -0.2) is 19.0 Å². The lowest BCUT2D eigenvalue weighted by atomic mass is 9.98. The summed E-state index contributed by atoms with van der Waals surface area (Å²) >= 11 is 0. The average Bonchev–Trinajstić information content (AvgIpc) is 3.02. The molecule has 3 rings (SSSR count). The van der Waals surface area contributed by atoms with E-state index in [2.05, 4.69) is 20.1 Å². The highest BCUT2D eigenvalue weighted by molar-refractivity contribution is 5.31. The molecule has 3 aromatic rings. The molecule has 0 saturated carbocycles. The molecular weight excluding hydrogens is 354 g/mol. The van der Waals surface area contributed by atoms with Crippen molar-refractivity contribution in [3.05, 3.63) is 69.5 Å². The van der Waals surface area contributed by atoms with Crippen molar-refractivity contribution in [3.63, 3.8) is 0 Å². The van der Waals surface area contributed by atoms with Crippen molar-refractivity contribution in [1.29, 1.82) is 0 Å². The van der Waals surface area contributed by atoms with Gasteiger partial charge in [0.15, 0.2) is 11.6 Å². The summed E-state index contributed by atoms with van der Waals surface area (Å²) in [4.78, 5) is 22.2. The van der Waals surface area contributed by atoms with E-state index in [1.807, 2.05) is 0 Å². The topological polar surface area (TPSA) is 76.5 Å². The molecule has 1 aromatic carbocycles. The second-order valence-electron chi connectivity index (χ2n) is 5.69. The molecule has 0 spiro atoms. The summed E-state index contributed by atoms with van der Waals surface area (Å²) in [6, 6.07) is 3.55. The number of nitrogens with one attached hydrogen (secondary N) is 1. The predicted octanol–water partition coefficient (Wildman–Crippen LogP) is 2.97. The van der Waals surface area contributed by atoms with Crippen molar-refractivity contribution in [2.24, 2.45) is 0 Å². The second-order valence-corrected chi connectivity index (χ2v) is 5.69. The van der Waals surface area contributed by atoms with Crippen LogP contribution in [0, 0.1) is 12.7 Å². The van der Waals surface area contributed by atoms with E-state index >= 15 is 0 Å². The van der Waals surface area contributed by atoms with Crippen LogP contribution < -0.4 is 5.56 Å². The van der Waals surface area contributed by atoms with E-state index in [1.165, 1.54) is 17.1 Å². The third-order valence-electron chi connectivity index (χ3n) is 3.77. The maximum absolute atomic E-state index is 14.1. The molecule has 1 atom stereocenters. The number of rotatable bonds is 3. The zero-order valence-electron chi connectivity index (χ0n) is 13.7. The number of hydrogen-bond acceptors (Lipinski definition) is 4. The molecule has 2 aromatic heterocycles. The largest absolute Gasteiger partial charge is 0.416 e.